The zero-order valence-electron chi connectivity index (χ0n) is 17.9. The molecule has 0 atom stereocenters. The zero-order valence-corrected chi connectivity index (χ0v) is 21.0. The van der Waals surface area contributed by atoms with E-state index < -0.39 is 17.3 Å². The Morgan fingerprint density at radius 1 is 1.06 bits per heavy atom. The lowest BCUT2D eigenvalue weighted by atomic mass is 9.79. The number of halogens is 4. The van der Waals surface area contributed by atoms with Crippen LogP contribution in [0.25, 0.3) is 0 Å². The highest BCUT2D eigenvalue weighted by molar-refractivity contribution is 14.0. The number of rotatable bonds is 3. The fourth-order valence-corrected chi connectivity index (χ4v) is 4.98. The van der Waals surface area contributed by atoms with Gasteiger partial charge >= 0.3 is 6.18 Å². The van der Waals surface area contributed by atoms with Crippen LogP contribution in [0.4, 0.5) is 24.5 Å². The van der Waals surface area contributed by atoms with Gasteiger partial charge in [-0.25, -0.2) is 9.98 Å². The second-order valence-corrected chi connectivity index (χ2v) is 8.48. The molecule has 0 aromatic heterocycles. The Kier molecular flexibility index (Phi) is 7.80. The number of methoxy groups -OCH3 is 1. The maximum atomic E-state index is 13.2. The van der Waals surface area contributed by atoms with Gasteiger partial charge in [0.15, 0.2) is 11.0 Å². The highest BCUT2D eigenvalue weighted by Gasteiger charge is 2.49. The maximum absolute atomic E-state index is 13.2. The molecule has 4 rings (SSSR count). The third-order valence-electron chi connectivity index (χ3n) is 5.84. The molecular weight excluding hydrogens is 550 g/mol. The molecule has 32 heavy (non-hydrogen) atoms. The molecule has 0 amide bonds. The first-order valence-electron chi connectivity index (χ1n) is 10.2. The molecule has 0 unspecified atom stereocenters. The van der Waals surface area contributed by atoms with Crippen molar-refractivity contribution >= 4 is 58.1 Å². The minimum Gasteiger partial charge on any atom is -0.497 e. The van der Waals surface area contributed by atoms with E-state index >= 15 is 0 Å². The molecule has 0 N–H and O–H groups in total. The van der Waals surface area contributed by atoms with Gasteiger partial charge in [-0.05, 0) is 61.6 Å². The van der Waals surface area contributed by atoms with Gasteiger partial charge in [0.1, 0.15) is 11.3 Å². The number of alkyl halides is 3. The first-order valence-corrected chi connectivity index (χ1v) is 11.4. The van der Waals surface area contributed by atoms with E-state index in [9.17, 15) is 13.2 Å². The number of nitrogens with zero attached hydrogens (tertiary/aromatic N) is 3. The fourth-order valence-electron chi connectivity index (χ4n) is 4.34. The predicted molar refractivity (Wildman–Crippen MR) is 136 cm³/mol. The fraction of sp³-hybridized carbons (Fsp3) is 0.391. The van der Waals surface area contributed by atoms with Crippen LogP contribution in [0.1, 0.15) is 37.7 Å². The van der Waals surface area contributed by atoms with E-state index in [4.69, 9.17) is 9.73 Å². The van der Waals surface area contributed by atoms with Crippen molar-refractivity contribution in [2.24, 2.45) is 9.98 Å². The van der Waals surface area contributed by atoms with Crippen LogP contribution in [0.5, 0.6) is 5.75 Å². The first kappa shape index (κ1) is 24.9. The van der Waals surface area contributed by atoms with Gasteiger partial charge in [-0.2, -0.15) is 13.2 Å². The van der Waals surface area contributed by atoms with E-state index in [0.29, 0.717) is 5.84 Å². The number of ether oxygens (including phenoxy) is 1. The van der Waals surface area contributed by atoms with Crippen molar-refractivity contribution in [1.29, 1.82) is 0 Å². The number of benzene rings is 2. The monoisotopic (exact) mass is 575 g/mol. The van der Waals surface area contributed by atoms with Gasteiger partial charge in [-0.15, -0.1) is 24.0 Å². The van der Waals surface area contributed by atoms with E-state index in [1.807, 2.05) is 30.5 Å². The van der Waals surface area contributed by atoms with Crippen LogP contribution in [0, 0.1) is 0 Å². The maximum Gasteiger partial charge on any atom is 0.416 e. The summed E-state index contributed by atoms with van der Waals surface area (Å²) in [5.41, 5.74) is 0.0890. The summed E-state index contributed by atoms with van der Waals surface area (Å²) in [6.07, 6.45) is 2.42. The molecule has 1 fully saturated rings. The lowest BCUT2D eigenvalue weighted by Gasteiger charge is -2.42. The molecule has 1 aliphatic carbocycles. The Balaban J connectivity index is 0.00000289. The van der Waals surface area contributed by atoms with Crippen molar-refractivity contribution in [1.82, 2.24) is 0 Å². The summed E-state index contributed by atoms with van der Waals surface area (Å²) in [6.45, 7) is 0. The van der Waals surface area contributed by atoms with Gasteiger partial charge in [0, 0.05) is 5.69 Å². The lowest BCUT2D eigenvalue weighted by Crippen LogP contribution is -2.52. The largest absolute Gasteiger partial charge is 0.497 e. The van der Waals surface area contributed by atoms with Crippen LogP contribution >= 0.6 is 35.7 Å². The first-order chi connectivity index (χ1) is 14.9. The minimum atomic E-state index is -4.41. The molecule has 2 aromatic rings. The second-order valence-electron chi connectivity index (χ2n) is 7.71. The van der Waals surface area contributed by atoms with Crippen LogP contribution in [-0.4, -0.2) is 29.9 Å². The Morgan fingerprint density at radius 2 is 1.75 bits per heavy atom. The molecule has 1 heterocycles. The van der Waals surface area contributed by atoms with Gasteiger partial charge < -0.3 is 9.64 Å². The predicted octanol–water partition coefficient (Wildman–Crippen LogP) is 7.30. The number of anilines is 1. The molecule has 0 saturated heterocycles. The summed E-state index contributed by atoms with van der Waals surface area (Å²) in [5.74, 6) is 1.35. The Labute approximate surface area is 207 Å². The van der Waals surface area contributed by atoms with Crippen LogP contribution in [0.3, 0.4) is 0 Å². The summed E-state index contributed by atoms with van der Waals surface area (Å²) in [5, 5.41) is 0.804. The van der Waals surface area contributed by atoms with Crippen molar-refractivity contribution in [3.8, 4) is 5.75 Å². The van der Waals surface area contributed by atoms with Crippen LogP contribution in [-0.2, 0) is 6.18 Å². The molecule has 4 nitrogen and oxygen atoms in total. The van der Waals surface area contributed by atoms with Crippen LogP contribution < -0.4 is 9.64 Å². The van der Waals surface area contributed by atoms with Gasteiger partial charge in [-0.3, -0.25) is 0 Å². The topological polar surface area (TPSA) is 37.2 Å². The number of thioether (sulfide) groups is 1. The number of hydrogen-bond acceptors (Lipinski definition) is 4. The SMILES string of the molecule is COc1ccc(N2C(SC)=NC(=Nc3cccc(C(F)(F)F)c3)C23CCCCC3)cc1.I. The van der Waals surface area contributed by atoms with Gasteiger partial charge in [-0.1, -0.05) is 37.1 Å². The minimum absolute atomic E-state index is 0. The van der Waals surface area contributed by atoms with Crippen LogP contribution in [0.2, 0.25) is 0 Å². The van der Waals surface area contributed by atoms with Crippen molar-refractivity contribution in [3.05, 3.63) is 54.1 Å². The molecule has 1 aliphatic heterocycles. The van der Waals surface area contributed by atoms with Crippen molar-refractivity contribution in [2.75, 3.05) is 18.3 Å². The number of amidine groups is 2. The molecule has 2 aliphatic rings. The molecule has 9 heteroatoms. The molecule has 1 spiro atoms. The average Bonchev–Trinajstić information content (AvgIpc) is 3.06. The van der Waals surface area contributed by atoms with E-state index in [1.165, 1.54) is 17.8 Å². The van der Waals surface area contributed by atoms with E-state index in [0.717, 1.165) is 60.8 Å². The molecule has 2 aromatic carbocycles. The van der Waals surface area contributed by atoms with Crippen molar-refractivity contribution in [2.45, 2.75) is 43.8 Å². The molecule has 0 bridgehead atoms. The number of aliphatic imine (C=N–C) groups is 2. The van der Waals surface area contributed by atoms with E-state index in [2.05, 4.69) is 9.89 Å². The van der Waals surface area contributed by atoms with Gasteiger partial charge in [0.25, 0.3) is 0 Å². The standard InChI is InChI=1S/C23H24F3N3OS.HI/c1-30-19-11-9-18(10-12-19)29-21(31-2)28-20(22(29)13-4-3-5-14-22)27-17-8-6-7-16(15-17)23(24,25)26;/h6-12,15H,3-5,13-14H2,1-2H3;1H. The van der Waals surface area contributed by atoms with Gasteiger partial charge in [0.2, 0.25) is 0 Å². The Hall–Kier alpha value is -1.75. The van der Waals surface area contributed by atoms with Crippen molar-refractivity contribution < 1.29 is 17.9 Å². The Morgan fingerprint density at radius 3 is 2.34 bits per heavy atom. The normalized spacial score (nSPS) is 19.1. The molecule has 1 saturated carbocycles. The molecule has 0 radical (unpaired) electrons. The van der Waals surface area contributed by atoms with E-state index in [1.54, 1.807) is 13.2 Å². The highest BCUT2D eigenvalue weighted by atomic mass is 127. The van der Waals surface area contributed by atoms with Crippen molar-refractivity contribution in [3.63, 3.8) is 0 Å². The summed E-state index contributed by atoms with van der Waals surface area (Å²) in [6, 6.07) is 13.0. The quantitative estimate of drug-likeness (QED) is 0.361. The Bertz CT molecular complexity index is 1000. The smallest absolute Gasteiger partial charge is 0.416 e. The van der Waals surface area contributed by atoms with Gasteiger partial charge in [0.05, 0.1) is 18.4 Å². The third-order valence-corrected chi connectivity index (χ3v) is 6.48. The molecule has 172 valence electrons. The van der Waals surface area contributed by atoms with Crippen LogP contribution in [0.15, 0.2) is 58.5 Å². The highest BCUT2D eigenvalue weighted by Crippen LogP contribution is 2.44. The zero-order chi connectivity index (χ0) is 22.1. The summed E-state index contributed by atoms with van der Waals surface area (Å²) >= 11 is 1.52. The van der Waals surface area contributed by atoms with E-state index in [-0.39, 0.29) is 29.7 Å². The summed E-state index contributed by atoms with van der Waals surface area (Å²) in [7, 11) is 1.63. The number of hydrogen-bond donors (Lipinski definition) is 0. The second kappa shape index (κ2) is 10.0. The average molecular weight is 575 g/mol. The summed E-state index contributed by atoms with van der Waals surface area (Å²) < 4.78 is 44.9. The third kappa shape index (κ3) is 4.78. The summed E-state index contributed by atoms with van der Waals surface area (Å²) in [4.78, 5) is 11.7. The molecular formula is C23H25F3IN3OS. The lowest BCUT2D eigenvalue weighted by molar-refractivity contribution is -0.137.